The second-order valence-corrected chi connectivity index (χ2v) is 10.7. The van der Waals surface area contributed by atoms with Crippen LogP contribution in [-0.2, 0) is 11.0 Å². The van der Waals surface area contributed by atoms with Crippen molar-refractivity contribution in [2.45, 2.75) is 88.3 Å². The molecule has 3 aliphatic rings. The van der Waals surface area contributed by atoms with Gasteiger partial charge in [-0.25, -0.2) is 4.98 Å². The molecule has 3 heterocycles. The number of piperidine rings is 1. The highest BCUT2D eigenvalue weighted by atomic mass is 19.4. The number of hydrogen-bond acceptors (Lipinski definition) is 5. The van der Waals surface area contributed by atoms with Gasteiger partial charge in [-0.15, -0.1) is 0 Å². The molecule has 7 nitrogen and oxygen atoms in total. The van der Waals surface area contributed by atoms with Crippen LogP contribution in [0.25, 0.3) is 0 Å². The second-order valence-electron chi connectivity index (χ2n) is 10.7. The maximum Gasteiger partial charge on any atom is 0.416 e. The number of hydrogen-bond donors (Lipinski definition) is 2. The van der Waals surface area contributed by atoms with Crippen LogP contribution in [-0.4, -0.2) is 46.6 Å². The molecule has 1 aliphatic carbocycles. The topological polar surface area (TPSA) is 83.6 Å². The smallest absolute Gasteiger partial charge is 0.416 e. The van der Waals surface area contributed by atoms with Crippen LogP contribution in [0.4, 0.5) is 19.0 Å². The molecule has 10 heteroatoms. The lowest BCUT2D eigenvalue weighted by atomic mass is 9.96. The molecule has 2 atom stereocenters. The first-order valence-electron chi connectivity index (χ1n) is 12.7. The van der Waals surface area contributed by atoms with Crippen molar-refractivity contribution < 1.29 is 27.5 Å². The Bertz CT molecular complexity index is 1130. The first kappa shape index (κ1) is 25.4. The first-order chi connectivity index (χ1) is 17.5. The normalized spacial score (nSPS) is 23.5. The zero-order valence-corrected chi connectivity index (χ0v) is 20.8. The zero-order valence-electron chi connectivity index (χ0n) is 20.8. The van der Waals surface area contributed by atoms with E-state index in [9.17, 15) is 22.8 Å². The third-order valence-corrected chi connectivity index (χ3v) is 7.36. The molecule has 2 aromatic rings. The molecule has 1 aromatic heterocycles. The molecule has 0 spiro atoms. The number of anilines is 1. The minimum absolute atomic E-state index is 0.0414. The second kappa shape index (κ2) is 9.54. The minimum atomic E-state index is -4.43. The van der Waals surface area contributed by atoms with Gasteiger partial charge in [0.15, 0.2) is 5.60 Å². The van der Waals surface area contributed by atoms with Crippen LogP contribution in [0.15, 0.2) is 42.6 Å². The van der Waals surface area contributed by atoms with E-state index in [1.807, 2.05) is 12.1 Å². The van der Waals surface area contributed by atoms with Gasteiger partial charge in [0.05, 0.1) is 11.1 Å². The van der Waals surface area contributed by atoms with E-state index in [2.05, 4.69) is 20.5 Å². The summed E-state index contributed by atoms with van der Waals surface area (Å²) in [4.78, 5) is 32.2. The SMILES string of the molecule is CC(C)(Oc1ccc(C(F)(F)F)cc1)C(=O)NC1CC2CCC(C1)N2c1ccc(C(=O)NC2CC2)cn1. The van der Waals surface area contributed by atoms with Gasteiger partial charge < -0.3 is 20.3 Å². The van der Waals surface area contributed by atoms with Gasteiger partial charge in [-0.1, -0.05) is 0 Å². The highest BCUT2D eigenvalue weighted by molar-refractivity contribution is 5.94. The Balaban J connectivity index is 1.17. The van der Waals surface area contributed by atoms with E-state index in [4.69, 9.17) is 4.74 Å². The van der Waals surface area contributed by atoms with Gasteiger partial charge in [-0.05, 0) is 88.8 Å². The molecule has 2 aliphatic heterocycles. The standard InChI is InChI=1S/C27H31F3N4O3/c1-26(2,37-22-10-4-17(5-11-22)27(28,29)30)25(36)33-19-13-20-8-9-21(14-19)34(20)23-12-3-16(15-31-23)24(35)32-18-6-7-18/h3-5,10-12,15,18-21H,6-9,13-14H2,1-2H3,(H,32,35)(H,33,36). The van der Waals surface area contributed by atoms with Crippen LogP contribution in [0.1, 0.15) is 68.3 Å². The highest BCUT2D eigenvalue weighted by Crippen LogP contribution is 2.39. The fourth-order valence-corrected chi connectivity index (χ4v) is 5.25. The maximum absolute atomic E-state index is 13.1. The van der Waals surface area contributed by atoms with Crippen LogP contribution < -0.4 is 20.3 Å². The molecule has 0 radical (unpaired) electrons. The number of benzene rings is 1. The predicted molar refractivity (Wildman–Crippen MR) is 131 cm³/mol. The molecule has 1 saturated carbocycles. The van der Waals surface area contributed by atoms with Crippen molar-refractivity contribution in [2.24, 2.45) is 0 Å². The lowest BCUT2D eigenvalue weighted by Gasteiger charge is -2.40. The Hall–Kier alpha value is -3.30. The predicted octanol–water partition coefficient (Wildman–Crippen LogP) is 4.47. The van der Waals surface area contributed by atoms with Crippen LogP contribution in [0.2, 0.25) is 0 Å². The molecular formula is C27H31F3N4O3. The van der Waals surface area contributed by atoms with E-state index in [0.717, 1.165) is 56.5 Å². The van der Waals surface area contributed by atoms with Gasteiger partial charge in [0.1, 0.15) is 11.6 Å². The van der Waals surface area contributed by atoms with E-state index in [-0.39, 0.29) is 35.7 Å². The summed E-state index contributed by atoms with van der Waals surface area (Å²) in [5.41, 5.74) is -1.47. The Morgan fingerprint density at radius 3 is 2.11 bits per heavy atom. The fraction of sp³-hybridized carbons (Fsp3) is 0.519. The van der Waals surface area contributed by atoms with Gasteiger partial charge in [-0.2, -0.15) is 13.2 Å². The summed E-state index contributed by atoms with van der Waals surface area (Å²) in [6.07, 6.45) is 2.76. The molecule has 2 bridgehead atoms. The Kier molecular flexibility index (Phi) is 6.53. The molecule has 198 valence electrons. The molecule has 2 saturated heterocycles. The number of ether oxygens (including phenoxy) is 1. The molecular weight excluding hydrogens is 485 g/mol. The lowest BCUT2D eigenvalue weighted by molar-refractivity contribution is -0.138. The van der Waals surface area contributed by atoms with Crippen LogP contribution >= 0.6 is 0 Å². The molecule has 2 N–H and O–H groups in total. The quantitative estimate of drug-likeness (QED) is 0.568. The Morgan fingerprint density at radius 2 is 1.57 bits per heavy atom. The van der Waals surface area contributed by atoms with E-state index in [1.165, 1.54) is 12.1 Å². The highest BCUT2D eigenvalue weighted by Gasteiger charge is 2.43. The number of alkyl halides is 3. The summed E-state index contributed by atoms with van der Waals surface area (Å²) in [5.74, 6) is 0.635. The summed E-state index contributed by atoms with van der Waals surface area (Å²) in [6.45, 7) is 3.21. The summed E-state index contributed by atoms with van der Waals surface area (Å²) < 4.78 is 44.2. The van der Waals surface area contributed by atoms with Crippen molar-refractivity contribution in [2.75, 3.05) is 4.90 Å². The largest absolute Gasteiger partial charge is 0.478 e. The van der Waals surface area contributed by atoms with Gasteiger partial charge >= 0.3 is 6.18 Å². The maximum atomic E-state index is 13.1. The molecule has 2 unspecified atom stereocenters. The Labute approximate surface area is 213 Å². The zero-order chi connectivity index (χ0) is 26.4. The number of carbonyl (C=O) groups is 2. The number of aromatic nitrogens is 1. The minimum Gasteiger partial charge on any atom is -0.478 e. The van der Waals surface area contributed by atoms with E-state index < -0.39 is 17.3 Å². The van der Waals surface area contributed by atoms with Crippen molar-refractivity contribution in [3.8, 4) is 5.75 Å². The van der Waals surface area contributed by atoms with Gasteiger partial charge in [0.25, 0.3) is 11.8 Å². The van der Waals surface area contributed by atoms with Crippen LogP contribution in [0.3, 0.4) is 0 Å². The van der Waals surface area contributed by atoms with Crippen LogP contribution in [0.5, 0.6) is 5.75 Å². The number of nitrogens with one attached hydrogen (secondary N) is 2. The first-order valence-corrected chi connectivity index (χ1v) is 12.7. The van der Waals surface area contributed by atoms with Crippen molar-refractivity contribution in [1.82, 2.24) is 15.6 Å². The van der Waals surface area contributed by atoms with Gasteiger partial charge in [-0.3, -0.25) is 9.59 Å². The summed E-state index contributed by atoms with van der Waals surface area (Å²) in [6, 6.07) is 8.75. The number of halogens is 3. The molecule has 2 amide bonds. The average Bonchev–Trinajstić information content (AvgIpc) is 3.61. The van der Waals surface area contributed by atoms with Gasteiger partial charge in [0, 0.05) is 30.4 Å². The van der Waals surface area contributed by atoms with E-state index in [0.29, 0.717) is 11.6 Å². The number of rotatable bonds is 7. The molecule has 5 rings (SSSR count). The lowest BCUT2D eigenvalue weighted by Crippen LogP contribution is -2.55. The fourth-order valence-electron chi connectivity index (χ4n) is 5.25. The van der Waals surface area contributed by atoms with Crippen molar-refractivity contribution >= 4 is 17.6 Å². The number of pyridine rings is 1. The van der Waals surface area contributed by atoms with Crippen molar-refractivity contribution in [1.29, 1.82) is 0 Å². The average molecular weight is 517 g/mol. The summed E-state index contributed by atoms with van der Waals surface area (Å²) >= 11 is 0. The molecule has 3 fully saturated rings. The summed E-state index contributed by atoms with van der Waals surface area (Å²) in [7, 11) is 0. The molecule has 37 heavy (non-hydrogen) atoms. The number of nitrogens with zero attached hydrogens (tertiary/aromatic N) is 2. The monoisotopic (exact) mass is 516 g/mol. The van der Waals surface area contributed by atoms with E-state index in [1.54, 1.807) is 20.0 Å². The van der Waals surface area contributed by atoms with Crippen molar-refractivity contribution in [3.05, 3.63) is 53.7 Å². The number of carbonyl (C=O) groups excluding carboxylic acids is 2. The third-order valence-electron chi connectivity index (χ3n) is 7.36. The number of fused-ring (bicyclic) bond motifs is 2. The third kappa shape index (κ3) is 5.67. The Morgan fingerprint density at radius 1 is 0.919 bits per heavy atom. The van der Waals surface area contributed by atoms with Gasteiger partial charge in [0.2, 0.25) is 0 Å². The van der Waals surface area contributed by atoms with E-state index >= 15 is 0 Å². The van der Waals surface area contributed by atoms with Crippen molar-refractivity contribution in [3.63, 3.8) is 0 Å². The number of amides is 2. The van der Waals surface area contributed by atoms with Crippen LogP contribution in [0, 0.1) is 0 Å². The molecule has 1 aromatic carbocycles. The summed E-state index contributed by atoms with van der Waals surface area (Å²) in [5, 5.41) is 6.06.